The van der Waals surface area contributed by atoms with Crippen molar-refractivity contribution in [2.24, 2.45) is 0 Å². The lowest BCUT2D eigenvalue weighted by Crippen LogP contribution is -2.19. The summed E-state index contributed by atoms with van der Waals surface area (Å²) < 4.78 is 23.6. The lowest BCUT2D eigenvalue weighted by Gasteiger charge is -2.16. The minimum atomic E-state index is -3.03. The van der Waals surface area contributed by atoms with Gasteiger partial charge in [0, 0.05) is 5.41 Å². The molecule has 0 amide bonds. The molecule has 14 heavy (non-hydrogen) atoms. The molecule has 1 aromatic rings. The number of rotatable bonds is 0. The third-order valence-corrected chi connectivity index (χ3v) is 4.88. The van der Waals surface area contributed by atoms with Crippen LogP contribution in [0, 0.1) is 6.92 Å². The maximum absolute atomic E-state index is 11.8. The van der Waals surface area contributed by atoms with Crippen LogP contribution in [0.5, 0.6) is 0 Å². The Balaban J connectivity index is 2.79. The maximum atomic E-state index is 11.8. The van der Waals surface area contributed by atoms with Crippen LogP contribution in [0.15, 0.2) is 23.1 Å². The van der Waals surface area contributed by atoms with Crippen LogP contribution in [-0.2, 0) is 15.3 Å². The van der Waals surface area contributed by atoms with E-state index in [4.69, 9.17) is 0 Å². The molecule has 1 aromatic carbocycles. The van der Waals surface area contributed by atoms with Crippen LogP contribution in [0.2, 0.25) is 0 Å². The smallest absolute Gasteiger partial charge is 0.179 e. The Kier molecular flexibility index (Phi) is 1.80. The molecule has 0 spiro atoms. The molecule has 0 aromatic heterocycles. The summed E-state index contributed by atoms with van der Waals surface area (Å²) in [5, 5.41) is 0. The van der Waals surface area contributed by atoms with E-state index in [-0.39, 0.29) is 11.2 Å². The summed E-state index contributed by atoms with van der Waals surface area (Å²) in [4.78, 5) is 0.521. The first kappa shape index (κ1) is 9.71. The molecular formula is C11H14O2S. The van der Waals surface area contributed by atoms with Crippen molar-refractivity contribution in [2.75, 3.05) is 5.75 Å². The molecule has 0 saturated carbocycles. The molecule has 0 atom stereocenters. The highest BCUT2D eigenvalue weighted by molar-refractivity contribution is 7.91. The standard InChI is InChI=1S/C11H14O2S/c1-8-4-5-10-9(6-8)11(2,3)7-14(10,12)13/h4-6H,7H2,1-3H3. The Hall–Kier alpha value is -0.830. The van der Waals surface area contributed by atoms with Gasteiger partial charge in [0.15, 0.2) is 9.84 Å². The monoisotopic (exact) mass is 210 g/mol. The zero-order valence-electron chi connectivity index (χ0n) is 8.66. The molecule has 1 heterocycles. The Morgan fingerprint density at radius 2 is 1.93 bits per heavy atom. The van der Waals surface area contributed by atoms with E-state index in [1.54, 1.807) is 6.07 Å². The molecule has 0 saturated heterocycles. The first-order valence-electron chi connectivity index (χ1n) is 4.67. The molecule has 3 heteroatoms. The molecule has 2 nitrogen and oxygen atoms in total. The van der Waals surface area contributed by atoms with Gasteiger partial charge in [-0.05, 0) is 18.6 Å². The van der Waals surface area contributed by atoms with Crippen LogP contribution < -0.4 is 0 Å². The third-order valence-electron chi connectivity index (χ3n) is 2.75. The fraction of sp³-hybridized carbons (Fsp3) is 0.455. The second-order valence-electron chi connectivity index (χ2n) is 4.64. The van der Waals surface area contributed by atoms with E-state index in [0.717, 1.165) is 11.1 Å². The second kappa shape index (κ2) is 2.60. The van der Waals surface area contributed by atoms with Crippen molar-refractivity contribution in [1.29, 1.82) is 0 Å². The molecule has 0 radical (unpaired) electrons. The van der Waals surface area contributed by atoms with Crippen LogP contribution >= 0.6 is 0 Å². The van der Waals surface area contributed by atoms with Crippen LogP contribution in [0.1, 0.15) is 25.0 Å². The molecule has 1 aliphatic heterocycles. The average Bonchev–Trinajstić information content (AvgIpc) is 2.17. The van der Waals surface area contributed by atoms with Crippen molar-refractivity contribution in [3.05, 3.63) is 29.3 Å². The topological polar surface area (TPSA) is 34.1 Å². The van der Waals surface area contributed by atoms with Gasteiger partial charge in [-0.1, -0.05) is 31.5 Å². The van der Waals surface area contributed by atoms with Gasteiger partial charge in [0.1, 0.15) is 0 Å². The van der Waals surface area contributed by atoms with Crippen molar-refractivity contribution in [2.45, 2.75) is 31.1 Å². The molecule has 0 unspecified atom stereocenters. The Bertz CT molecular complexity index is 484. The minimum Gasteiger partial charge on any atom is -0.224 e. The zero-order valence-corrected chi connectivity index (χ0v) is 9.48. The summed E-state index contributed by atoms with van der Waals surface area (Å²) in [6.07, 6.45) is 0. The highest BCUT2D eigenvalue weighted by Crippen LogP contribution is 2.39. The van der Waals surface area contributed by atoms with Gasteiger partial charge in [-0.15, -0.1) is 0 Å². The predicted octanol–water partition coefficient (Wildman–Crippen LogP) is 2.06. The number of aryl methyl sites for hydroxylation is 1. The van der Waals surface area contributed by atoms with Gasteiger partial charge in [-0.25, -0.2) is 8.42 Å². The first-order chi connectivity index (χ1) is 6.33. The lowest BCUT2D eigenvalue weighted by molar-refractivity contribution is 0.572. The van der Waals surface area contributed by atoms with E-state index in [0.29, 0.717) is 4.90 Å². The molecule has 1 aliphatic rings. The van der Waals surface area contributed by atoms with E-state index in [2.05, 4.69) is 0 Å². The van der Waals surface area contributed by atoms with Gasteiger partial charge in [0.2, 0.25) is 0 Å². The minimum absolute atomic E-state index is 0.235. The molecule has 0 fully saturated rings. The average molecular weight is 210 g/mol. The number of hydrogen-bond donors (Lipinski definition) is 0. The molecule has 0 N–H and O–H groups in total. The zero-order chi connectivity index (χ0) is 10.6. The fourth-order valence-corrected chi connectivity index (χ4v) is 4.28. The van der Waals surface area contributed by atoms with E-state index < -0.39 is 9.84 Å². The largest absolute Gasteiger partial charge is 0.224 e. The summed E-state index contributed by atoms with van der Waals surface area (Å²) >= 11 is 0. The van der Waals surface area contributed by atoms with Gasteiger partial charge < -0.3 is 0 Å². The Labute approximate surface area is 84.9 Å². The normalized spacial score (nSPS) is 21.9. The number of fused-ring (bicyclic) bond motifs is 1. The van der Waals surface area contributed by atoms with E-state index in [1.165, 1.54) is 0 Å². The van der Waals surface area contributed by atoms with Crippen molar-refractivity contribution in [1.82, 2.24) is 0 Å². The van der Waals surface area contributed by atoms with Crippen LogP contribution in [-0.4, -0.2) is 14.2 Å². The van der Waals surface area contributed by atoms with E-state index in [9.17, 15) is 8.42 Å². The molecular weight excluding hydrogens is 196 g/mol. The van der Waals surface area contributed by atoms with Crippen LogP contribution in [0.25, 0.3) is 0 Å². The molecule has 76 valence electrons. The molecule has 2 rings (SSSR count). The first-order valence-corrected chi connectivity index (χ1v) is 6.32. The molecule has 0 aliphatic carbocycles. The van der Waals surface area contributed by atoms with Gasteiger partial charge in [0.25, 0.3) is 0 Å². The third kappa shape index (κ3) is 1.27. The lowest BCUT2D eigenvalue weighted by atomic mass is 9.86. The summed E-state index contributed by atoms with van der Waals surface area (Å²) in [5.74, 6) is 0.235. The SMILES string of the molecule is Cc1ccc2c(c1)C(C)(C)CS2(=O)=O. The summed E-state index contributed by atoms with van der Waals surface area (Å²) in [5.41, 5.74) is 1.85. The maximum Gasteiger partial charge on any atom is 0.179 e. The Morgan fingerprint density at radius 1 is 1.29 bits per heavy atom. The van der Waals surface area contributed by atoms with Crippen LogP contribution in [0.3, 0.4) is 0 Å². The highest BCUT2D eigenvalue weighted by atomic mass is 32.2. The van der Waals surface area contributed by atoms with E-state index in [1.807, 2.05) is 32.9 Å². The van der Waals surface area contributed by atoms with Crippen LogP contribution in [0.4, 0.5) is 0 Å². The number of benzene rings is 1. The van der Waals surface area contributed by atoms with E-state index >= 15 is 0 Å². The highest BCUT2D eigenvalue weighted by Gasteiger charge is 2.40. The Morgan fingerprint density at radius 3 is 2.57 bits per heavy atom. The van der Waals surface area contributed by atoms with Gasteiger partial charge >= 0.3 is 0 Å². The number of hydrogen-bond acceptors (Lipinski definition) is 2. The number of sulfone groups is 1. The fourth-order valence-electron chi connectivity index (χ4n) is 2.07. The van der Waals surface area contributed by atoms with Gasteiger partial charge in [-0.2, -0.15) is 0 Å². The molecule has 0 bridgehead atoms. The second-order valence-corrected chi connectivity index (χ2v) is 6.60. The van der Waals surface area contributed by atoms with Gasteiger partial charge in [-0.3, -0.25) is 0 Å². The quantitative estimate of drug-likeness (QED) is 0.657. The van der Waals surface area contributed by atoms with Crippen molar-refractivity contribution >= 4 is 9.84 Å². The van der Waals surface area contributed by atoms with Crippen molar-refractivity contribution < 1.29 is 8.42 Å². The van der Waals surface area contributed by atoms with Gasteiger partial charge in [0.05, 0.1) is 10.6 Å². The predicted molar refractivity (Wildman–Crippen MR) is 56.3 cm³/mol. The summed E-state index contributed by atoms with van der Waals surface area (Å²) in [7, 11) is -3.03. The summed E-state index contributed by atoms with van der Waals surface area (Å²) in [6, 6.07) is 5.58. The summed E-state index contributed by atoms with van der Waals surface area (Å²) in [6.45, 7) is 5.95. The van der Waals surface area contributed by atoms with Crippen molar-refractivity contribution in [3.63, 3.8) is 0 Å². The van der Waals surface area contributed by atoms with Crippen molar-refractivity contribution in [3.8, 4) is 0 Å².